The van der Waals surface area contributed by atoms with Gasteiger partial charge in [-0.15, -0.1) is 0 Å². The molecule has 0 saturated carbocycles. The van der Waals surface area contributed by atoms with Gasteiger partial charge in [0.2, 0.25) is 11.8 Å². The predicted molar refractivity (Wildman–Crippen MR) is 76.7 cm³/mol. The van der Waals surface area contributed by atoms with E-state index in [1.807, 2.05) is 0 Å². The SMILES string of the molecule is CCCCCCC[C@H](C)CNC(=O)[C@@H]1CCC(=O)N1. The van der Waals surface area contributed by atoms with Crippen molar-refractivity contribution in [3.8, 4) is 0 Å². The molecule has 19 heavy (non-hydrogen) atoms. The Morgan fingerprint density at radius 3 is 2.74 bits per heavy atom. The predicted octanol–water partition coefficient (Wildman–Crippen LogP) is 2.38. The molecule has 4 nitrogen and oxygen atoms in total. The van der Waals surface area contributed by atoms with Crippen molar-refractivity contribution in [3.05, 3.63) is 0 Å². The maximum absolute atomic E-state index is 11.8. The monoisotopic (exact) mass is 268 g/mol. The van der Waals surface area contributed by atoms with Gasteiger partial charge in [0.15, 0.2) is 0 Å². The van der Waals surface area contributed by atoms with E-state index in [0.29, 0.717) is 18.8 Å². The average molecular weight is 268 g/mol. The normalized spacial score (nSPS) is 20.1. The van der Waals surface area contributed by atoms with Crippen LogP contribution in [0.2, 0.25) is 0 Å². The number of hydrogen-bond donors (Lipinski definition) is 2. The summed E-state index contributed by atoms with van der Waals surface area (Å²) < 4.78 is 0. The van der Waals surface area contributed by atoms with Crippen LogP contribution in [0.1, 0.15) is 65.2 Å². The largest absolute Gasteiger partial charge is 0.354 e. The van der Waals surface area contributed by atoms with Gasteiger partial charge in [0.1, 0.15) is 6.04 Å². The van der Waals surface area contributed by atoms with Crippen molar-refractivity contribution in [2.75, 3.05) is 6.54 Å². The summed E-state index contributed by atoms with van der Waals surface area (Å²) in [5, 5.41) is 5.64. The van der Waals surface area contributed by atoms with Crippen LogP contribution in [0.3, 0.4) is 0 Å². The Bertz CT molecular complexity index is 292. The fourth-order valence-electron chi connectivity index (χ4n) is 2.41. The minimum Gasteiger partial charge on any atom is -0.354 e. The zero-order chi connectivity index (χ0) is 14.1. The van der Waals surface area contributed by atoms with Gasteiger partial charge >= 0.3 is 0 Å². The van der Waals surface area contributed by atoms with Gasteiger partial charge < -0.3 is 10.6 Å². The van der Waals surface area contributed by atoms with Crippen LogP contribution in [-0.4, -0.2) is 24.4 Å². The van der Waals surface area contributed by atoms with E-state index in [9.17, 15) is 9.59 Å². The van der Waals surface area contributed by atoms with E-state index in [1.54, 1.807) is 0 Å². The van der Waals surface area contributed by atoms with Crippen LogP contribution in [0.5, 0.6) is 0 Å². The van der Waals surface area contributed by atoms with Crippen LogP contribution >= 0.6 is 0 Å². The van der Waals surface area contributed by atoms with Crippen molar-refractivity contribution < 1.29 is 9.59 Å². The topological polar surface area (TPSA) is 58.2 Å². The van der Waals surface area contributed by atoms with Gasteiger partial charge in [-0.25, -0.2) is 0 Å². The quantitative estimate of drug-likeness (QED) is 0.631. The van der Waals surface area contributed by atoms with Crippen molar-refractivity contribution in [3.63, 3.8) is 0 Å². The lowest BCUT2D eigenvalue weighted by Gasteiger charge is -2.15. The van der Waals surface area contributed by atoms with E-state index in [1.165, 1.54) is 38.5 Å². The van der Waals surface area contributed by atoms with Crippen LogP contribution in [0.15, 0.2) is 0 Å². The van der Waals surface area contributed by atoms with Gasteiger partial charge in [0, 0.05) is 13.0 Å². The highest BCUT2D eigenvalue weighted by molar-refractivity contribution is 5.90. The summed E-state index contributed by atoms with van der Waals surface area (Å²) in [5.41, 5.74) is 0. The third kappa shape index (κ3) is 6.60. The zero-order valence-corrected chi connectivity index (χ0v) is 12.3. The second kappa shape index (κ2) is 8.94. The number of nitrogens with one attached hydrogen (secondary N) is 2. The van der Waals surface area contributed by atoms with Gasteiger partial charge in [-0.2, -0.15) is 0 Å². The zero-order valence-electron chi connectivity index (χ0n) is 12.3. The first-order valence-corrected chi connectivity index (χ1v) is 7.70. The summed E-state index contributed by atoms with van der Waals surface area (Å²) in [6, 6.07) is -0.302. The first kappa shape index (κ1) is 16.0. The third-order valence-corrected chi connectivity index (χ3v) is 3.74. The molecule has 1 aliphatic rings. The van der Waals surface area contributed by atoms with E-state index in [4.69, 9.17) is 0 Å². The number of carbonyl (C=O) groups is 2. The summed E-state index contributed by atoms with van der Waals surface area (Å²) in [7, 11) is 0. The fourth-order valence-corrected chi connectivity index (χ4v) is 2.41. The van der Waals surface area contributed by atoms with E-state index in [2.05, 4.69) is 24.5 Å². The van der Waals surface area contributed by atoms with E-state index < -0.39 is 0 Å². The lowest BCUT2D eigenvalue weighted by atomic mass is 10.0. The van der Waals surface area contributed by atoms with Gasteiger partial charge in [-0.1, -0.05) is 46.0 Å². The van der Waals surface area contributed by atoms with E-state index in [0.717, 1.165) is 6.54 Å². The van der Waals surface area contributed by atoms with Crippen LogP contribution < -0.4 is 10.6 Å². The summed E-state index contributed by atoms with van der Waals surface area (Å²) in [6.07, 6.45) is 8.75. The first-order chi connectivity index (χ1) is 9.13. The molecule has 1 rings (SSSR count). The van der Waals surface area contributed by atoms with Crippen LogP contribution in [0.4, 0.5) is 0 Å². The Balaban J connectivity index is 2.04. The molecule has 1 fully saturated rings. The van der Waals surface area contributed by atoms with Crippen molar-refractivity contribution in [2.45, 2.75) is 71.3 Å². The van der Waals surface area contributed by atoms with E-state index in [-0.39, 0.29) is 17.9 Å². The molecule has 0 bridgehead atoms. The first-order valence-electron chi connectivity index (χ1n) is 7.70. The minimum atomic E-state index is -0.302. The molecule has 0 aromatic rings. The second-order valence-corrected chi connectivity index (χ2v) is 5.71. The Morgan fingerprint density at radius 2 is 2.11 bits per heavy atom. The molecule has 1 heterocycles. The molecular weight excluding hydrogens is 240 g/mol. The molecule has 2 amide bonds. The molecule has 0 aromatic heterocycles. The number of carbonyl (C=O) groups excluding carboxylic acids is 2. The molecule has 0 radical (unpaired) electrons. The van der Waals surface area contributed by atoms with Gasteiger partial charge in [-0.05, 0) is 18.8 Å². The number of hydrogen-bond acceptors (Lipinski definition) is 2. The molecular formula is C15H28N2O2. The smallest absolute Gasteiger partial charge is 0.242 e. The summed E-state index contributed by atoms with van der Waals surface area (Å²) in [4.78, 5) is 22.8. The number of unbranched alkanes of at least 4 members (excludes halogenated alkanes) is 4. The van der Waals surface area contributed by atoms with Gasteiger partial charge in [-0.3, -0.25) is 9.59 Å². The standard InChI is InChI=1S/C15H28N2O2/c1-3-4-5-6-7-8-12(2)11-16-15(19)13-9-10-14(18)17-13/h12-13H,3-11H2,1-2H3,(H,16,19)(H,17,18)/t12-,13-/m0/s1. The Kier molecular flexibility index (Phi) is 7.53. The molecule has 1 aliphatic heterocycles. The van der Waals surface area contributed by atoms with Gasteiger partial charge in [0.05, 0.1) is 0 Å². The molecule has 0 aromatic carbocycles. The molecule has 0 unspecified atom stereocenters. The molecule has 2 N–H and O–H groups in total. The highest BCUT2D eigenvalue weighted by Crippen LogP contribution is 2.11. The van der Waals surface area contributed by atoms with Crippen LogP contribution in [0, 0.1) is 5.92 Å². The fraction of sp³-hybridized carbons (Fsp3) is 0.867. The molecule has 110 valence electrons. The molecule has 2 atom stereocenters. The highest BCUT2D eigenvalue weighted by Gasteiger charge is 2.26. The highest BCUT2D eigenvalue weighted by atomic mass is 16.2. The Labute approximate surface area is 116 Å². The lowest BCUT2D eigenvalue weighted by Crippen LogP contribution is -2.42. The third-order valence-electron chi connectivity index (χ3n) is 3.74. The summed E-state index contributed by atoms with van der Waals surface area (Å²) in [6.45, 7) is 5.12. The molecule has 0 spiro atoms. The summed E-state index contributed by atoms with van der Waals surface area (Å²) >= 11 is 0. The lowest BCUT2D eigenvalue weighted by molar-refractivity contribution is -0.125. The Hall–Kier alpha value is -1.06. The van der Waals surface area contributed by atoms with Crippen molar-refractivity contribution in [2.24, 2.45) is 5.92 Å². The van der Waals surface area contributed by atoms with Crippen molar-refractivity contribution in [1.82, 2.24) is 10.6 Å². The summed E-state index contributed by atoms with van der Waals surface area (Å²) in [5.74, 6) is 0.482. The molecule has 4 heteroatoms. The number of amides is 2. The van der Waals surface area contributed by atoms with Crippen LogP contribution in [-0.2, 0) is 9.59 Å². The van der Waals surface area contributed by atoms with Crippen LogP contribution in [0.25, 0.3) is 0 Å². The minimum absolute atomic E-state index is 0.0101. The maximum atomic E-state index is 11.8. The van der Waals surface area contributed by atoms with Crippen molar-refractivity contribution >= 4 is 11.8 Å². The average Bonchev–Trinajstić information content (AvgIpc) is 2.82. The Morgan fingerprint density at radius 1 is 1.37 bits per heavy atom. The molecule has 0 aliphatic carbocycles. The number of rotatable bonds is 9. The maximum Gasteiger partial charge on any atom is 0.242 e. The van der Waals surface area contributed by atoms with Crippen molar-refractivity contribution in [1.29, 1.82) is 0 Å². The molecule has 1 saturated heterocycles. The van der Waals surface area contributed by atoms with E-state index >= 15 is 0 Å². The second-order valence-electron chi connectivity index (χ2n) is 5.71. The van der Waals surface area contributed by atoms with Gasteiger partial charge in [0.25, 0.3) is 0 Å².